The number of likely N-dealkylation sites (tertiary alicyclic amines) is 1. The number of piperidine rings is 1. The van der Waals surface area contributed by atoms with Crippen LogP contribution >= 0.6 is 11.3 Å². The van der Waals surface area contributed by atoms with E-state index in [4.69, 9.17) is 9.84 Å². The van der Waals surface area contributed by atoms with Crippen molar-refractivity contribution in [1.29, 1.82) is 0 Å². The molecule has 0 aliphatic carbocycles. The van der Waals surface area contributed by atoms with Crippen molar-refractivity contribution in [3.63, 3.8) is 0 Å². The SMILES string of the molecule is COc1ccccc1-c1nn2c(CN3CCCCC3)nnc2s1. The molecule has 0 radical (unpaired) electrons. The molecule has 1 saturated heterocycles. The maximum Gasteiger partial charge on any atom is 0.235 e. The van der Waals surface area contributed by atoms with E-state index >= 15 is 0 Å². The Kier molecular flexibility index (Phi) is 3.97. The second-order valence-electron chi connectivity index (χ2n) is 5.75. The van der Waals surface area contributed by atoms with Gasteiger partial charge in [0.15, 0.2) is 10.8 Å². The highest BCUT2D eigenvalue weighted by Gasteiger charge is 2.18. The van der Waals surface area contributed by atoms with E-state index in [2.05, 4.69) is 15.1 Å². The first kappa shape index (κ1) is 14.6. The van der Waals surface area contributed by atoms with Crippen molar-refractivity contribution in [3.8, 4) is 16.3 Å². The fourth-order valence-corrected chi connectivity index (χ4v) is 3.89. The van der Waals surface area contributed by atoms with Crippen LogP contribution in [0.3, 0.4) is 0 Å². The molecular weight excluding hydrogens is 310 g/mol. The monoisotopic (exact) mass is 329 g/mol. The lowest BCUT2D eigenvalue weighted by Crippen LogP contribution is -2.30. The average Bonchev–Trinajstić information content (AvgIpc) is 3.18. The molecule has 2 aromatic heterocycles. The van der Waals surface area contributed by atoms with Gasteiger partial charge >= 0.3 is 0 Å². The van der Waals surface area contributed by atoms with Gasteiger partial charge in [-0.1, -0.05) is 29.9 Å². The minimum absolute atomic E-state index is 0.816. The number of nitrogens with zero attached hydrogens (tertiary/aromatic N) is 5. The topological polar surface area (TPSA) is 55.6 Å². The van der Waals surface area contributed by atoms with Crippen molar-refractivity contribution in [2.75, 3.05) is 20.2 Å². The van der Waals surface area contributed by atoms with E-state index in [1.165, 1.54) is 19.3 Å². The van der Waals surface area contributed by atoms with Gasteiger partial charge in [-0.2, -0.15) is 9.61 Å². The summed E-state index contributed by atoms with van der Waals surface area (Å²) < 4.78 is 7.31. The molecule has 0 atom stereocenters. The van der Waals surface area contributed by atoms with Crippen molar-refractivity contribution in [2.45, 2.75) is 25.8 Å². The van der Waals surface area contributed by atoms with Crippen molar-refractivity contribution < 1.29 is 4.74 Å². The Morgan fingerprint density at radius 1 is 1.13 bits per heavy atom. The zero-order valence-corrected chi connectivity index (χ0v) is 13.9. The first-order valence-electron chi connectivity index (χ1n) is 7.92. The second kappa shape index (κ2) is 6.25. The Hall–Kier alpha value is -1.99. The van der Waals surface area contributed by atoms with Gasteiger partial charge in [0.25, 0.3) is 0 Å². The molecule has 1 aliphatic rings. The Bertz CT molecular complexity index is 806. The van der Waals surface area contributed by atoms with E-state index in [1.54, 1.807) is 18.4 Å². The molecule has 0 saturated carbocycles. The highest BCUT2D eigenvalue weighted by molar-refractivity contribution is 7.19. The van der Waals surface area contributed by atoms with Gasteiger partial charge in [0.1, 0.15) is 5.75 Å². The van der Waals surface area contributed by atoms with Crippen LogP contribution in [0.5, 0.6) is 5.75 Å². The largest absolute Gasteiger partial charge is 0.496 e. The highest BCUT2D eigenvalue weighted by atomic mass is 32.1. The number of para-hydroxylation sites is 1. The number of hydrogen-bond acceptors (Lipinski definition) is 6. The maximum atomic E-state index is 5.44. The fraction of sp³-hybridized carbons (Fsp3) is 0.438. The summed E-state index contributed by atoms with van der Waals surface area (Å²) in [7, 11) is 1.68. The zero-order chi connectivity index (χ0) is 15.6. The lowest BCUT2D eigenvalue weighted by molar-refractivity contribution is 0.214. The smallest absolute Gasteiger partial charge is 0.235 e. The summed E-state index contributed by atoms with van der Waals surface area (Å²) in [6.45, 7) is 3.09. The molecule has 1 aromatic carbocycles. The van der Waals surface area contributed by atoms with E-state index in [-0.39, 0.29) is 0 Å². The predicted octanol–water partition coefficient (Wildman–Crippen LogP) is 2.85. The van der Waals surface area contributed by atoms with Gasteiger partial charge in [0, 0.05) is 0 Å². The van der Waals surface area contributed by atoms with Crippen LogP contribution < -0.4 is 4.74 Å². The maximum absolute atomic E-state index is 5.44. The van der Waals surface area contributed by atoms with Gasteiger partial charge in [0.2, 0.25) is 4.96 Å². The predicted molar refractivity (Wildman–Crippen MR) is 89.8 cm³/mol. The molecule has 120 valence electrons. The molecule has 1 fully saturated rings. The van der Waals surface area contributed by atoms with Crippen LogP contribution in [-0.2, 0) is 6.54 Å². The number of ether oxygens (including phenoxy) is 1. The fourth-order valence-electron chi connectivity index (χ4n) is 3.00. The number of hydrogen-bond donors (Lipinski definition) is 0. The molecule has 0 N–H and O–H groups in total. The molecule has 0 spiro atoms. The summed E-state index contributed by atoms with van der Waals surface area (Å²) in [5, 5.41) is 14.2. The van der Waals surface area contributed by atoms with Crippen LogP contribution in [0.1, 0.15) is 25.1 Å². The first-order chi connectivity index (χ1) is 11.3. The number of methoxy groups -OCH3 is 1. The minimum Gasteiger partial charge on any atom is -0.496 e. The van der Waals surface area contributed by atoms with Gasteiger partial charge in [-0.15, -0.1) is 10.2 Å². The van der Waals surface area contributed by atoms with Crippen LogP contribution in [0.25, 0.3) is 15.5 Å². The summed E-state index contributed by atoms with van der Waals surface area (Å²) in [5.74, 6) is 1.74. The van der Waals surface area contributed by atoms with Crippen molar-refractivity contribution in [2.24, 2.45) is 0 Å². The minimum atomic E-state index is 0.816. The normalized spacial score (nSPS) is 16.0. The zero-order valence-electron chi connectivity index (χ0n) is 13.1. The summed E-state index contributed by atoms with van der Waals surface area (Å²) in [5.41, 5.74) is 0.995. The Balaban J connectivity index is 1.66. The molecule has 0 bridgehead atoms. The van der Waals surface area contributed by atoms with E-state index in [0.29, 0.717) is 0 Å². The van der Waals surface area contributed by atoms with Gasteiger partial charge in [-0.25, -0.2) is 0 Å². The molecule has 0 amide bonds. The standard InChI is InChI=1S/C16H19N5OS/c1-22-13-8-4-3-7-12(13)15-19-21-14(17-18-16(21)23-15)11-20-9-5-2-6-10-20/h3-4,7-8H,2,5-6,9-11H2,1H3. The number of rotatable bonds is 4. The number of aromatic nitrogens is 4. The van der Waals surface area contributed by atoms with Crippen molar-refractivity contribution >= 4 is 16.3 Å². The van der Waals surface area contributed by atoms with E-state index < -0.39 is 0 Å². The summed E-state index contributed by atoms with van der Waals surface area (Å²) in [6, 6.07) is 7.93. The number of fused-ring (bicyclic) bond motifs is 1. The van der Waals surface area contributed by atoms with Gasteiger partial charge < -0.3 is 4.74 Å². The molecule has 1 aliphatic heterocycles. The van der Waals surface area contributed by atoms with Crippen LogP contribution in [0, 0.1) is 0 Å². The Morgan fingerprint density at radius 3 is 2.78 bits per heavy atom. The molecule has 3 heterocycles. The molecule has 6 nitrogen and oxygen atoms in total. The van der Waals surface area contributed by atoms with Crippen LogP contribution in [-0.4, -0.2) is 44.9 Å². The third-order valence-corrected chi connectivity index (χ3v) is 5.14. The summed E-state index contributed by atoms with van der Waals surface area (Å²) >= 11 is 1.54. The summed E-state index contributed by atoms with van der Waals surface area (Å²) in [6.07, 6.45) is 3.87. The average molecular weight is 329 g/mol. The van der Waals surface area contributed by atoms with Crippen LogP contribution in [0.2, 0.25) is 0 Å². The Labute approximate surface area is 138 Å². The van der Waals surface area contributed by atoms with E-state index in [9.17, 15) is 0 Å². The molecule has 3 aromatic rings. The van der Waals surface area contributed by atoms with Crippen LogP contribution in [0.4, 0.5) is 0 Å². The molecule has 4 rings (SSSR count). The van der Waals surface area contributed by atoms with Gasteiger partial charge in [-0.05, 0) is 38.1 Å². The summed E-state index contributed by atoms with van der Waals surface area (Å²) in [4.78, 5) is 3.26. The third kappa shape index (κ3) is 2.82. The highest BCUT2D eigenvalue weighted by Crippen LogP contribution is 2.32. The van der Waals surface area contributed by atoms with E-state index in [0.717, 1.165) is 46.7 Å². The third-order valence-electron chi connectivity index (χ3n) is 4.21. The van der Waals surface area contributed by atoms with Crippen LogP contribution in [0.15, 0.2) is 24.3 Å². The quantitative estimate of drug-likeness (QED) is 0.737. The van der Waals surface area contributed by atoms with Crippen molar-refractivity contribution in [3.05, 3.63) is 30.1 Å². The molecular formula is C16H19N5OS. The Morgan fingerprint density at radius 2 is 1.96 bits per heavy atom. The van der Waals surface area contributed by atoms with Crippen molar-refractivity contribution in [1.82, 2.24) is 24.7 Å². The molecule has 0 unspecified atom stereocenters. The number of benzene rings is 1. The lowest BCUT2D eigenvalue weighted by Gasteiger charge is -2.25. The second-order valence-corrected chi connectivity index (χ2v) is 6.71. The van der Waals surface area contributed by atoms with E-state index in [1.807, 2.05) is 28.8 Å². The molecule has 23 heavy (non-hydrogen) atoms. The van der Waals surface area contributed by atoms with Gasteiger partial charge in [0.05, 0.1) is 19.2 Å². The molecule has 7 heteroatoms. The lowest BCUT2D eigenvalue weighted by atomic mass is 10.1. The first-order valence-corrected chi connectivity index (χ1v) is 8.73. The van der Waals surface area contributed by atoms with Gasteiger partial charge in [-0.3, -0.25) is 4.90 Å².